The van der Waals surface area contributed by atoms with Crippen LogP contribution in [0.15, 0.2) is 35.7 Å². The molecular formula is C19H21N3O4. The quantitative estimate of drug-likeness (QED) is 0.801. The molecule has 4 rings (SSSR count). The minimum Gasteiger partial charge on any atom is -0.463 e. The lowest BCUT2D eigenvalue weighted by Gasteiger charge is -2.29. The largest absolute Gasteiger partial charge is 0.463 e. The lowest BCUT2D eigenvalue weighted by molar-refractivity contribution is -0.138. The number of carbonyl (C=O) groups excluding carboxylic acids is 1. The van der Waals surface area contributed by atoms with Crippen LogP contribution in [0.1, 0.15) is 43.7 Å². The summed E-state index contributed by atoms with van der Waals surface area (Å²) < 4.78 is 16.6. The van der Waals surface area contributed by atoms with Gasteiger partial charge in [0.15, 0.2) is 11.5 Å². The number of para-hydroxylation sites is 1. The van der Waals surface area contributed by atoms with Gasteiger partial charge in [-0.2, -0.15) is 5.10 Å². The number of aromatic nitrogens is 2. The molecule has 2 aliphatic rings. The van der Waals surface area contributed by atoms with Gasteiger partial charge in [-0.15, -0.1) is 0 Å². The Balaban J connectivity index is 1.91. The van der Waals surface area contributed by atoms with E-state index in [0.717, 1.165) is 35.5 Å². The monoisotopic (exact) mass is 355 g/mol. The van der Waals surface area contributed by atoms with Crippen molar-refractivity contribution in [3.8, 4) is 11.5 Å². The molecule has 7 nitrogen and oxygen atoms in total. The maximum atomic E-state index is 12.9. The van der Waals surface area contributed by atoms with Crippen molar-refractivity contribution in [2.24, 2.45) is 0 Å². The van der Waals surface area contributed by atoms with E-state index in [-0.39, 0.29) is 18.7 Å². The van der Waals surface area contributed by atoms with Gasteiger partial charge in [0, 0.05) is 16.8 Å². The van der Waals surface area contributed by atoms with E-state index in [1.54, 1.807) is 6.20 Å². The average molecular weight is 355 g/mol. The number of H-pyrrole nitrogens is 1. The van der Waals surface area contributed by atoms with Crippen LogP contribution in [0.5, 0.6) is 11.5 Å². The van der Waals surface area contributed by atoms with Crippen LogP contribution < -0.4 is 14.8 Å². The first-order valence-corrected chi connectivity index (χ1v) is 8.83. The summed E-state index contributed by atoms with van der Waals surface area (Å²) in [5.41, 5.74) is 3.22. The van der Waals surface area contributed by atoms with E-state index in [1.165, 1.54) is 0 Å². The van der Waals surface area contributed by atoms with Gasteiger partial charge in [0.05, 0.1) is 24.3 Å². The molecule has 2 aromatic rings. The van der Waals surface area contributed by atoms with E-state index in [2.05, 4.69) is 22.4 Å². The Hall–Kier alpha value is -2.96. The number of allylic oxidation sites excluding steroid dienone is 1. The number of carbonyl (C=O) groups is 1. The number of hydrogen-bond acceptors (Lipinski definition) is 6. The maximum Gasteiger partial charge on any atom is 0.336 e. The molecule has 2 aliphatic heterocycles. The number of esters is 1. The number of ether oxygens (including phenoxy) is 3. The second-order valence-corrected chi connectivity index (χ2v) is 6.20. The molecule has 1 aromatic heterocycles. The second kappa shape index (κ2) is 6.74. The van der Waals surface area contributed by atoms with Gasteiger partial charge < -0.3 is 19.5 Å². The van der Waals surface area contributed by atoms with Gasteiger partial charge in [0.25, 0.3) is 0 Å². The molecule has 26 heavy (non-hydrogen) atoms. The van der Waals surface area contributed by atoms with Crippen molar-refractivity contribution in [2.45, 2.75) is 32.6 Å². The number of nitrogens with zero attached hydrogens (tertiary/aromatic N) is 1. The fourth-order valence-corrected chi connectivity index (χ4v) is 3.56. The Kier molecular flexibility index (Phi) is 4.28. The van der Waals surface area contributed by atoms with Gasteiger partial charge in [-0.25, -0.2) is 4.79 Å². The van der Waals surface area contributed by atoms with Crippen LogP contribution >= 0.6 is 0 Å². The normalized spacial score (nSPS) is 17.7. The molecule has 0 radical (unpaired) electrons. The zero-order valence-corrected chi connectivity index (χ0v) is 14.8. The predicted molar refractivity (Wildman–Crippen MR) is 95.2 cm³/mol. The summed E-state index contributed by atoms with van der Waals surface area (Å²) in [4.78, 5) is 12.9. The fourth-order valence-electron chi connectivity index (χ4n) is 3.56. The molecule has 0 fully saturated rings. The molecule has 1 atom stereocenters. The third-order valence-electron chi connectivity index (χ3n) is 4.60. The van der Waals surface area contributed by atoms with Crippen LogP contribution in [-0.2, 0) is 9.53 Å². The summed E-state index contributed by atoms with van der Waals surface area (Å²) in [5.74, 6) is 1.50. The molecule has 7 heteroatoms. The van der Waals surface area contributed by atoms with Crippen molar-refractivity contribution < 1.29 is 19.0 Å². The van der Waals surface area contributed by atoms with Crippen molar-refractivity contribution in [2.75, 3.05) is 18.7 Å². The minimum absolute atomic E-state index is 0.176. The molecule has 1 aromatic carbocycles. The van der Waals surface area contributed by atoms with Crippen molar-refractivity contribution in [1.82, 2.24) is 10.2 Å². The van der Waals surface area contributed by atoms with E-state index >= 15 is 0 Å². The number of hydrogen-bond donors (Lipinski definition) is 2. The number of anilines is 1. The first-order valence-electron chi connectivity index (χ1n) is 8.83. The fraction of sp³-hybridized carbons (Fsp3) is 0.368. The maximum absolute atomic E-state index is 12.9. The molecule has 0 spiro atoms. The summed E-state index contributed by atoms with van der Waals surface area (Å²) in [6.45, 7) is 4.38. The van der Waals surface area contributed by atoms with E-state index in [1.807, 2.05) is 25.1 Å². The van der Waals surface area contributed by atoms with Gasteiger partial charge in [0.2, 0.25) is 6.79 Å². The topological polar surface area (TPSA) is 85.5 Å². The third kappa shape index (κ3) is 2.60. The van der Waals surface area contributed by atoms with Crippen molar-refractivity contribution >= 4 is 11.8 Å². The highest BCUT2D eigenvalue weighted by Crippen LogP contribution is 2.48. The number of benzene rings is 1. The average Bonchev–Trinajstić information content (AvgIpc) is 3.29. The van der Waals surface area contributed by atoms with Crippen LogP contribution in [0.25, 0.3) is 0 Å². The molecule has 136 valence electrons. The Morgan fingerprint density at radius 3 is 3.00 bits per heavy atom. The van der Waals surface area contributed by atoms with E-state index in [4.69, 9.17) is 14.2 Å². The molecule has 0 bridgehead atoms. The Labute approximate surface area is 151 Å². The standard InChI is InChI=1S/C19H21N3O4/c1-3-6-13-16(19(23)24-4-2)15(12-9-20-22-18(12)21-13)11-7-5-8-14-17(11)26-10-25-14/h5,7-9,15H,3-4,6,10H2,1-2H3,(H2,20,21,22). The van der Waals surface area contributed by atoms with Crippen molar-refractivity contribution in [3.05, 3.63) is 46.8 Å². The highest BCUT2D eigenvalue weighted by Gasteiger charge is 2.38. The molecule has 3 heterocycles. The first-order chi connectivity index (χ1) is 12.7. The zero-order valence-electron chi connectivity index (χ0n) is 14.8. The predicted octanol–water partition coefficient (Wildman–Crippen LogP) is 3.31. The highest BCUT2D eigenvalue weighted by atomic mass is 16.7. The number of aromatic amines is 1. The van der Waals surface area contributed by atoms with Gasteiger partial charge in [-0.3, -0.25) is 5.10 Å². The Bertz CT molecular complexity index is 871. The van der Waals surface area contributed by atoms with E-state index in [9.17, 15) is 4.79 Å². The molecule has 0 aliphatic carbocycles. The summed E-state index contributed by atoms with van der Waals surface area (Å²) >= 11 is 0. The minimum atomic E-state index is -0.331. The first kappa shape index (κ1) is 16.5. The van der Waals surface area contributed by atoms with E-state index in [0.29, 0.717) is 23.7 Å². The molecule has 2 N–H and O–H groups in total. The van der Waals surface area contributed by atoms with Gasteiger partial charge >= 0.3 is 5.97 Å². The van der Waals surface area contributed by atoms with E-state index < -0.39 is 0 Å². The smallest absolute Gasteiger partial charge is 0.336 e. The van der Waals surface area contributed by atoms with Crippen LogP contribution in [-0.4, -0.2) is 29.6 Å². The van der Waals surface area contributed by atoms with Crippen molar-refractivity contribution in [3.63, 3.8) is 0 Å². The summed E-state index contributed by atoms with van der Waals surface area (Å²) in [7, 11) is 0. The molecule has 0 amide bonds. The highest BCUT2D eigenvalue weighted by molar-refractivity contribution is 5.94. The molecule has 0 saturated heterocycles. The second-order valence-electron chi connectivity index (χ2n) is 6.20. The summed E-state index contributed by atoms with van der Waals surface area (Å²) in [6, 6.07) is 5.74. The lowest BCUT2D eigenvalue weighted by atomic mass is 9.81. The Morgan fingerprint density at radius 2 is 2.19 bits per heavy atom. The summed E-state index contributed by atoms with van der Waals surface area (Å²) in [5, 5.41) is 10.5. The van der Waals surface area contributed by atoms with Gasteiger partial charge in [-0.05, 0) is 19.4 Å². The van der Waals surface area contributed by atoms with Crippen LogP contribution in [0, 0.1) is 0 Å². The Morgan fingerprint density at radius 1 is 1.31 bits per heavy atom. The number of rotatable bonds is 5. The molecule has 0 saturated carbocycles. The van der Waals surface area contributed by atoms with Crippen LogP contribution in [0.3, 0.4) is 0 Å². The van der Waals surface area contributed by atoms with Gasteiger partial charge in [-0.1, -0.05) is 25.5 Å². The van der Waals surface area contributed by atoms with Crippen LogP contribution in [0.4, 0.5) is 5.82 Å². The summed E-state index contributed by atoms with van der Waals surface area (Å²) in [6.07, 6.45) is 3.37. The number of fused-ring (bicyclic) bond motifs is 2. The van der Waals surface area contributed by atoms with Crippen LogP contribution in [0.2, 0.25) is 0 Å². The SMILES string of the molecule is CCCC1=C(C(=O)OCC)C(c2cccc3c2OCO3)c2cn[nH]c2N1. The van der Waals surface area contributed by atoms with Crippen molar-refractivity contribution in [1.29, 1.82) is 0 Å². The van der Waals surface area contributed by atoms with Gasteiger partial charge in [0.1, 0.15) is 5.82 Å². The zero-order chi connectivity index (χ0) is 18.1. The lowest BCUT2D eigenvalue weighted by Crippen LogP contribution is -2.25. The molecule has 1 unspecified atom stereocenters. The third-order valence-corrected chi connectivity index (χ3v) is 4.60. The molecular weight excluding hydrogens is 334 g/mol. The number of nitrogens with one attached hydrogen (secondary N) is 2.